The van der Waals surface area contributed by atoms with E-state index in [0.717, 1.165) is 18.9 Å². The molecule has 1 aromatic carbocycles. The van der Waals surface area contributed by atoms with Crippen molar-refractivity contribution in [2.24, 2.45) is 0 Å². The van der Waals surface area contributed by atoms with Gasteiger partial charge in [-0.25, -0.2) is 0 Å². The first kappa shape index (κ1) is 22.6. The first-order chi connectivity index (χ1) is 15.3. The minimum Gasteiger partial charge on any atom is -0.356 e. The number of anilines is 1. The summed E-state index contributed by atoms with van der Waals surface area (Å²) in [7, 11) is 0. The molecule has 0 radical (unpaired) electrons. The van der Waals surface area contributed by atoms with Crippen molar-refractivity contribution in [2.75, 3.05) is 31.1 Å². The van der Waals surface area contributed by atoms with Crippen LogP contribution in [0.25, 0.3) is 0 Å². The molecule has 2 saturated heterocycles. The van der Waals surface area contributed by atoms with Gasteiger partial charge in [-0.3, -0.25) is 9.59 Å². The number of rotatable bonds is 4. The highest BCUT2D eigenvalue weighted by Gasteiger charge is 2.35. The molecule has 0 spiro atoms. The molecule has 1 unspecified atom stereocenters. The summed E-state index contributed by atoms with van der Waals surface area (Å²) in [6.45, 7) is 0.617. The van der Waals surface area contributed by atoms with Crippen molar-refractivity contribution in [3.8, 4) is 0 Å². The second-order valence-electron chi connectivity index (χ2n) is 7.80. The Morgan fingerprint density at radius 1 is 1.16 bits per heavy atom. The number of alkyl halides is 3. The van der Waals surface area contributed by atoms with Gasteiger partial charge >= 0.3 is 6.18 Å². The Morgan fingerprint density at radius 2 is 1.94 bits per heavy atom. The number of carbonyl (C=O) groups is 1. The van der Waals surface area contributed by atoms with Gasteiger partial charge in [0.05, 0.1) is 23.3 Å². The van der Waals surface area contributed by atoms with Gasteiger partial charge in [-0.1, -0.05) is 29.8 Å². The molecule has 0 bridgehead atoms. The van der Waals surface area contributed by atoms with E-state index in [1.54, 1.807) is 4.90 Å². The molecule has 3 heterocycles. The Morgan fingerprint density at radius 3 is 2.62 bits per heavy atom. The van der Waals surface area contributed by atoms with E-state index in [1.165, 1.54) is 34.0 Å². The van der Waals surface area contributed by atoms with Crippen LogP contribution in [-0.4, -0.2) is 46.8 Å². The van der Waals surface area contributed by atoms with Gasteiger partial charge in [0, 0.05) is 26.2 Å². The summed E-state index contributed by atoms with van der Waals surface area (Å²) in [6.07, 6.45) is -1.15. The van der Waals surface area contributed by atoms with Crippen molar-refractivity contribution in [1.29, 1.82) is 0 Å². The topological polar surface area (TPSA) is 67.7 Å². The van der Waals surface area contributed by atoms with Gasteiger partial charge in [0.15, 0.2) is 6.23 Å². The second kappa shape index (κ2) is 9.11. The zero-order chi connectivity index (χ0) is 22.9. The minimum absolute atomic E-state index is 0.0283. The van der Waals surface area contributed by atoms with Crippen molar-refractivity contribution < 1.29 is 22.7 Å². The van der Waals surface area contributed by atoms with Gasteiger partial charge in [0.1, 0.15) is 5.69 Å². The summed E-state index contributed by atoms with van der Waals surface area (Å²) in [4.78, 5) is 28.7. The number of piperazine rings is 1. The van der Waals surface area contributed by atoms with Gasteiger partial charge in [0.2, 0.25) is 5.91 Å². The third-order valence-corrected chi connectivity index (χ3v) is 5.96. The lowest BCUT2D eigenvalue weighted by atomic mass is 10.1. The van der Waals surface area contributed by atoms with E-state index in [9.17, 15) is 22.8 Å². The summed E-state index contributed by atoms with van der Waals surface area (Å²) in [5.41, 5.74) is -1.03. The Balaban J connectivity index is 1.52. The second-order valence-corrected chi connectivity index (χ2v) is 8.21. The third-order valence-electron chi connectivity index (χ3n) is 5.68. The lowest BCUT2D eigenvalue weighted by molar-refractivity contribution is -0.140. The van der Waals surface area contributed by atoms with Crippen molar-refractivity contribution >= 4 is 23.2 Å². The van der Waals surface area contributed by atoms with Crippen LogP contribution in [0.3, 0.4) is 0 Å². The normalized spacial score (nSPS) is 20.0. The minimum atomic E-state index is -4.50. The van der Waals surface area contributed by atoms with Gasteiger partial charge in [0.25, 0.3) is 5.56 Å². The number of aromatic nitrogens is 2. The average Bonchev–Trinajstić information content (AvgIpc) is 2.76. The molecule has 2 fully saturated rings. The maximum Gasteiger partial charge on any atom is 0.416 e. The molecular weight excluding hydrogens is 449 g/mol. The highest BCUT2D eigenvalue weighted by atomic mass is 35.5. The lowest BCUT2D eigenvalue weighted by Crippen LogP contribution is -2.52. The molecule has 32 heavy (non-hydrogen) atoms. The van der Waals surface area contributed by atoms with Crippen LogP contribution in [0.1, 0.15) is 36.6 Å². The largest absolute Gasteiger partial charge is 0.416 e. The number of ether oxygens (including phenoxy) is 1. The summed E-state index contributed by atoms with van der Waals surface area (Å²) >= 11 is 6.25. The quantitative estimate of drug-likeness (QED) is 0.684. The van der Waals surface area contributed by atoms with E-state index < -0.39 is 23.5 Å². The number of hydrogen-bond acceptors (Lipinski definition) is 5. The van der Waals surface area contributed by atoms with Gasteiger partial charge in [-0.15, -0.1) is 0 Å². The van der Waals surface area contributed by atoms with Crippen LogP contribution in [0.5, 0.6) is 0 Å². The maximum atomic E-state index is 13.3. The number of amides is 1. The Bertz CT molecular complexity index is 1050. The van der Waals surface area contributed by atoms with Crippen molar-refractivity contribution in [2.45, 2.75) is 38.2 Å². The molecule has 7 nitrogen and oxygen atoms in total. The molecule has 2 aliphatic heterocycles. The molecule has 1 atom stereocenters. The monoisotopic (exact) mass is 470 g/mol. The molecule has 2 aliphatic rings. The molecule has 4 rings (SSSR count). The van der Waals surface area contributed by atoms with Gasteiger partial charge < -0.3 is 14.5 Å². The van der Waals surface area contributed by atoms with Crippen molar-refractivity contribution in [1.82, 2.24) is 14.7 Å². The SMILES string of the molecule is O=C1CN(c2c(Cl)cnn(C3CCCCO3)c2=O)CCN1Cc1ccccc1C(F)(F)F. The third kappa shape index (κ3) is 4.61. The number of halogens is 4. The summed E-state index contributed by atoms with van der Waals surface area (Å²) in [6, 6.07) is 5.20. The van der Waals surface area contributed by atoms with Crippen molar-refractivity contribution in [3.05, 3.63) is 57.0 Å². The fourth-order valence-corrected chi connectivity index (χ4v) is 4.30. The van der Waals surface area contributed by atoms with Crippen LogP contribution in [0.4, 0.5) is 18.9 Å². The Labute approximate surface area is 187 Å². The van der Waals surface area contributed by atoms with Crippen LogP contribution < -0.4 is 10.5 Å². The zero-order valence-electron chi connectivity index (χ0n) is 17.1. The van der Waals surface area contributed by atoms with Crippen molar-refractivity contribution in [3.63, 3.8) is 0 Å². The van der Waals surface area contributed by atoms with E-state index >= 15 is 0 Å². The van der Waals surface area contributed by atoms with E-state index in [4.69, 9.17) is 16.3 Å². The molecule has 1 amide bonds. The zero-order valence-corrected chi connectivity index (χ0v) is 17.9. The molecule has 172 valence electrons. The van der Waals surface area contributed by atoms with Crippen LogP contribution in [0.2, 0.25) is 5.02 Å². The van der Waals surface area contributed by atoms with Crippen LogP contribution >= 0.6 is 11.6 Å². The predicted octanol–water partition coefficient (Wildman–Crippen LogP) is 3.46. The summed E-state index contributed by atoms with van der Waals surface area (Å²) < 4.78 is 46.7. The smallest absolute Gasteiger partial charge is 0.356 e. The maximum absolute atomic E-state index is 13.3. The van der Waals surface area contributed by atoms with E-state index in [1.807, 2.05) is 0 Å². The molecule has 11 heteroatoms. The summed E-state index contributed by atoms with van der Waals surface area (Å²) in [5, 5.41) is 4.21. The van der Waals surface area contributed by atoms with Gasteiger partial charge in [-0.2, -0.15) is 23.0 Å². The number of nitrogens with zero attached hydrogens (tertiary/aromatic N) is 4. The van der Waals surface area contributed by atoms with E-state index in [2.05, 4.69) is 5.10 Å². The van der Waals surface area contributed by atoms with E-state index in [-0.39, 0.29) is 48.4 Å². The lowest BCUT2D eigenvalue weighted by Gasteiger charge is -2.36. The molecule has 0 saturated carbocycles. The highest BCUT2D eigenvalue weighted by molar-refractivity contribution is 6.33. The highest BCUT2D eigenvalue weighted by Crippen LogP contribution is 2.33. The van der Waals surface area contributed by atoms with E-state index in [0.29, 0.717) is 13.0 Å². The number of hydrogen-bond donors (Lipinski definition) is 0. The number of benzene rings is 1. The molecule has 1 aromatic heterocycles. The van der Waals surface area contributed by atoms with Gasteiger partial charge in [-0.05, 0) is 30.9 Å². The Hall–Kier alpha value is -2.59. The fourth-order valence-electron chi connectivity index (χ4n) is 4.05. The Kier molecular flexibility index (Phi) is 6.43. The molecule has 2 aromatic rings. The van der Waals surface area contributed by atoms with Crippen LogP contribution in [0, 0.1) is 0 Å². The van der Waals surface area contributed by atoms with Crippen LogP contribution in [0.15, 0.2) is 35.3 Å². The molecular formula is C21H22ClF3N4O3. The first-order valence-electron chi connectivity index (χ1n) is 10.3. The number of carbonyl (C=O) groups excluding carboxylic acids is 1. The summed E-state index contributed by atoms with van der Waals surface area (Å²) in [5.74, 6) is -0.388. The first-order valence-corrected chi connectivity index (χ1v) is 10.7. The predicted molar refractivity (Wildman–Crippen MR) is 111 cm³/mol. The molecule has 0 N–H and O–H groups in total. The fraction of sp³-hybridized carbons (Fsp3) is 0.476. The standard InChI is InChI=1S/C21H22ClF3N4O3/c22-16-11-26-29(18-7-3-4-10-32-18)20(31)19(16)28-9-8-27(17(30)13-28)12-14-5-1-2-6-15(14)21(23,24)25/h1-2,5-6,11,18H,3-4,7-10,12-13H2. The molecule has 0 aliphatic carbocycles. The average molecular weight is 471 g/mol. The van der Waals surface area contributed by atoms with Crippen LogP contribution in [-0.2, 0) is 22.3 Å².